The molecule has 5 nitrogen and oxygen atoms in total. The summed E-state index contributed by atoms with van der Waals surface area (Å²) >= 11 is 0. The summed E-state index contributed by atoms with van der Waals surface area (Å²) in [6.45, 7) is 4.36. The van der Waals surface area contributed by atoms with Crippen molar-refractivity contribution in [1.29, 1.82) is 0 Å². The van der Waals surface area contributed by atoms with Gasteiger partial charge in [0.1, 0.15) is 11.6 Å². The third-order valence-corrected chi connectivity index (χ3v) is 2.72. The predicted octanol–water partition coefficient (Wildman–Crippen LogP) is 1.73. The predicted molar refractivity (Wildman–Crippen MR) is 68.8 cm³/mol. The largest absolute Gasteiger partial charge is 0.373 e. The number of nitrogens with zero attached hydrogens (tertiary/aromatic N) is 3. The number of nitrogens with two attached hydrogens (primary N) is 1. The number of hydrogen-bond donors (Lipinski definition) is 2. The van der Waals surface area contributed by atoms with E-state index in [0.717, 1.165) is 24.5 Å². The Hall–Kier alpha value is -1.52. The molecule has 5 heteroatoms. The van der Waals surface area contributed by atoms with E-state index in [2.05, 4.69) is 34.0 Å². The van der Waals surface area contributed by atoms with Crippen molar-refractivity contribution in [2.24, 2.45) is 0 Å². The minimum atomic E-state index is 0.303. The monoisotopic (exact) mass is 223 g/mol. The highest BCUT2D eigenvalue weighted by atomic mass is 15.2. The lowest BCUT2D eigenvalue weighted by atomic mass is 10.2. The highest BCUT2D eigenvalue weighted by Crippen LogP contribution is 2.18. The second-order valence-corrected chi connectivity index (χ2v) is 3.97. The number of aromatic nitrogens is 2. The van der Waals surface area contributed by atoms with E-state index >= 15 is 0 Å². The van der Waals surface area contributed by atoms with Gasteiger partial charge in [-0.1, -0.05) is 13.3 Å². The lowest BCUT2D eigenvalue weighted by Gasteiger charge is -2.26. The van der Waals surface area contributed by atoms with Gasteiger partial charge in [0.2, 0.25) is 5.95 Å². The zero-order chi connectivity index (χ0) is 12.1. The van der Waals surface area contributed by atoms with E-state index in [0.29, 0.717) is 12.0 Å². The van der Waals surface area contributed by atoms with Crippen LogP contribution in [0.15, 0.2) is 6.07 Å². The number of nitrogens with one attached hydrogen (secondary N) is 1. The van der Waals surface area contributed by atoms with Crippen LogP contribution in [0.1, 0.15) is 26.7 Å². The smallest absolute Gasteiger partial charge is 0.223 e. The molecule has 0 radical (unpaired) electrons. The van der Waals surface area contributed by atoms with Crippen LogP contribution < -0.4 is 16.0 Å². The maximum atomic E-state index is 5.66. The van der Waals surface area contributed by atoms with Gasteiger partial charge in [-0.15, -0.1) is 0 Å². The van der Waals surface area contributed by atoms with Crippen LogP contribution in [0.4, 0.5) is 17.6 Å². The second-order valence-electron chi connectivity index (χ2n) is 3.97. The van der Waals surface area contributed by atoms with Crippen molar-refractivity contribution in [1.82, 2.24) is 9.97 Å². The van der Waals surface area contributed by atoms with E-state index in [-0.39, 0.29) is 0 Å². The SMILES string of the molecule is CCCC(C)N(C)c1cc(NC)nc(N)n1. The Labute approximate surface area is 97.1 Å². The van der Waals surface area contributed by atoms with Gasteiger partial charge in [0, 0.05) is 26.2 Å². The Balaban J connectivity index is 2.89. The van der Waals surface area contributed by atoms with Crippen molar-refractivity contribution in [2.75, 3.05) is 30.0 Å². The first-order valence-electron chi connectivity index (χ1n) is 5.63. The van der Waals surface area contributed by atoms with Crippen LogP contribution in [-0.2, 0) is 0 Å². The molecule has 1 unspecified atom stereocenters. The van der Waals surface area contributed by atoms with Crippen molar-refractivity contribution in [3.05, 3.63) is 6.07 Å². The van der Waals surface area contributed by atoms with Crippen molar-refractivity contribution in [2.45, 2.75) is 32.7 Å². The third kappa shape index (κ3) is 2.98. The number of anilines is 3. The minimum absolute atomic E-state index is 0.303. The van der Waals surface area contributed by atoms with Gasteiger partial charge >= 0.3 is 0 Å². The minimum Gasteiger partial charge on any atom is -0.373 e. The summed E-state index contributed by atoms with van der Waals surface area (Å²) in [7, 11) is 3.85. The van der Waals surface area contributed by atoms with Crippen LogP contribution in [0.3, 0.4) is 0 Å². The summed E-state index contributed by atoms with van der Waals surface area (Å²) in [4.78, 5) is 10.4. The average molecular weight is 223 g/mol. The molecule has 0 amide bonds. The summed E-state index contributed by atoms with van der Waals surface area (Å²) < 4.78 is 0. The van der Waals surface area contributed by atoms with Gasteiger partial charge in [0.05, 0.1) is 0 Å². The summed E-state index contributed by atoms with van der Waals surface area (Å²) in [6, 6.07) is 2.35. The van der Waals surface area contributed by atoms with Gasteiger partial charge in [-0.05, 0) is 13.3 Å². The molecule has 16 heavy (non-hydrogen) atoms. The molecule has 0 spiro atoms. The second kappa shape index (κ2) is 5.53. The molecule has 0 aliphatic heterocycles. The topological polar surface area (TPSA) is 67.1 Å². The normalized spacial score (nSPS) is 12.2. The molecule has 0 saturated heterocycles. The molecule has 0 saturated carbocycles. The maximum Gasteiger partial charge on any atom is 0.223 e. The molecule has 1 atom stereocenters. The molecule has 3 N–H and O–H groups in total. The van der Waals surface area contributed by atoms with Crippen molar-refractivity contribution in [3.63, 3.8) is 0 Å². The molecule has 0 aliphatic rings. The van der Waals surface area contributed by atoms with E-state index in [9.17, 15) is 0 Å². The van der Waals surface area contributed by atoms with E-state index in [4.69, 9.17) is 5.73 Å². The van der Waals surface area contributed by atoms with Crippen molar-refractivity contribution in [3.8, 4) is 0 Å². The first-order valence-corrected chi connectivity index (χ1v) is 5.63. The lowest BCUT2D eigenvalue weighted by Crippen LogP contribution is -2.29. The molecule has 1 rings (SSSR count). The number of rotatable bonds is 5. The Kier molecular flexibility index (Phi) is 4.34. The fourth-order valence-electron chi connectivity index (χ4n) is 1.60. The van der Waals surface area contributed by atoms with Crippen molar-refractivity contribution >= 4 is 17.6 Å². The van der Waals surface area contributed by atoms with Crippen LogP contribution in [0.2, 0.25) is 0 Å². The number of hydrogen-bond acceptors (Lipinski definition) is 5. The van der Waals surface area contributed by atoms with Crippen LogP contribution in [0, 0.1) is 0 Å². The van der Waals surface area contributed by atoms with Gasteiger partial charge < -0.3 is 16.0 Å². The summed E-state index contributed by atoms with van der Waals surface area (Å²) in [5, 5.41) is 2.98. The van der Waals surface area contributed by atoms with Gasteiger partial charge in [-0.3, -0.25) is 0 Å². The van der Waals surface area contributed by atoms with Crippen molar-refractivity contribution < 1.29 is 0 Å². The third-order valence-electron chi connectivity index (χ3n) is 2.72. The van der Waals surface area contributed by atoms with Crippen LogP contribution in [-0.4, -0.2) is 30.1 Å². The Morgan fingerprint density at radius 2 is 2.19 bits per heavy atom. The Morgan fingerprint density at radius 3 is 2.75 bits per heavy atom. The lowest BCUT2D eigenvalue weighted by molar-refractivity contribution is 0.611. The van der Waals surface area contributed by atoms with Gasteiger partial charge in [0.15, 0.2) is 0 Å². The first kappa shape index (κ1) is 12.5. The fourth-order valence-corrected chi connectivity index (χ4v) is 1.60. The highest BCUT2D eigenvalue weighted by molar-refractivity contribution is 5.52. The fraction of sp³-hybridized carbons (Fsp3) is 0.636. The first-order chi connectivity index (χ1) is 7.58. The average Bonchev–Trinajstić information content (AvgIpc) is 2.27. The van der Waals surface area contributed by atoms with Crippen LogP contribution in [0.25, 0.3) is 0 Å². The molecule has 90 valence electrons. The molecular formula is C11H21N5. The molecule has 0 fully saturated rings. The van der Waals surface area contributed by atoms with Gasteiger partial charge in [-0.2, -0.15) is 9.97 Å². The van der Waals surface area contributed by atoms with Gasteiger partial charge in [-0.25, -0.2) is 0 Å². The van der Waals surface area contributed by atoms with E-state index in [1.54, 1.807) is 0 Å². The molecule has 1 aromatic rings. The molecule has 0 aromatic carbocycles. The molecule has 0 aliphatic carbocycles. The van der Waals surface area contributed by atoms with E-state index in [1.165, 1.54) is 0 Å². The highest BCUT2D eigenvalue weighted by Gasteiger charge is 2.12. The standard InChI is InChI=1S/C11H21N5/c1-5-6-8(2)16(4)10-7-9(13-3)14-11(12)15-10/h7-8H,5-6H2,1-4H3,(H3,12,13,14,15). The van der Waals surface area contributed by atoms with E-state index < -0.39 is 0 Å². The van der Waals surface area contributed by atoms with Crippen LogP contribution in [0.5, 0.6) is 0 Å². The molecule has 1 aromatic heterocycles. The summed E-state index contributed by atoms with van der Waals surface area (Å²) in [5.74, 6) is 1.91. The van der Waals surface area contributed by atoms with E-state index in [1.807, 2.05) is 20.2 Å². The Morgan fingerprint density at radius 1 is 1.50 bits per heavy atom. The maximum absolute atomic E-state index is 5.66. The summed E-state index contributed by atoms with van der Waals surface area (Å²) in [6.07, 6.45) is 2.29. The number of nitrogen functional groups attached to an aromatic ring is 1. The van der Waals surface area contributed by atoms with Gasteiger partial charge in [0.25, 0.3) is 0 Å². The quantitative estimate of drug-likeness (QED) is 0.795. The van der Waals surface area contributed by atoms with Crippen LogP contribution >= 0.6 is 0 Å². The molecular weight excluding hydrogens is 202 g/mol. The Bertz CT molecular complexity index is 339. The molecule has 1 heterocycles. The summed E-state index contributed by atoms with van der Waals surface area (Å²) in [5.41, 5.74) is 5.66. The molecule has 0 bridgehead atoms. The zero-order valence-electron chi connectivity index (χ0n) is 10.5. The zero-order valence-corrected chi connectivity index (χ0v) is 10.5.